The Morgan fingerprint density at radius 3 is 2.48 bits per heavy atom. The van der Waals surface area contributed by atoms with E-state index >= 15 is 0 Å². The standard InChI is InChI=1S/C18H22ClNO/c1-4-20-18(13(2)14-8-6-5-7-9-14)16-12-15(19)10-11-17(16)21-3/h5-13,18,20H,4H2,1-3H3. The van der Waals surface area contributed by atoms with Crippen molar-refractivity contribution in [1.82, 2.24) is 5.32 Å². The third-order valence-electron chi connectivity index (χ3n) is 3.78. The zero-order valence-electron chi connectivity index (χ0n) is 12.8. The summed E-state index contributed by atoms with van der Waals surface area (Å²) in [6.45, 7) is 5.22. The van der Waals surface area contributed by atoms with Gasteiger partial charge in [0.1, 0.15) is 5.75 Å². The average molecular weight is 304 g/mol. The number of rotatable bonds is 6. The van der Waals surface area contributed by atoms with Crippen LogP contribution in [0.4, 0.5) is 0 Å². The molecule has 2 aromatic rings. The molecule has 2 aromatic carbocycles. The van der Waals surface area contributed by atoms with Gasteiger partial charge < -0.3 is 10.1 Å². The van der Waals surface area contributed by atoms with Gasteiger partial charge in [0, 0.05) is 22.5 Å². The molecule has 0 radical (unpaired) electrons. The minimum atomic E-state index is 0.158. The van der Waals surface area contributed by atoms with Crippen molar-refractivity contribution < 1.29 is 4.74 Å². The minimum Gasteiger partial charge on any atom is -0.496 e. The van der Waals surface area contributed by atoms with Crippen molar-refractivity contribution in [2.24, 2.45) is 0 Å². The number of halogens is 1. The van der Waals surface area contributed by atoms with Crippen LogP contribution in [0.25, 0.3) is 0 Å². The number of methoxy groups -OCH3 is 1. The van der Waals surface area contributed by atoms with E-state index in [1.165, 1.54) is 5.56 Å². The molecule has 0 bridgehead atoms. The third-order valence-corrected chi connectivity index (χ3v) is 4.01. The zero-order chi connectivity index (χ0) is 15.2. The highest BCUT2D eigenvalue weighted by Crippen LogP contribution is 2.36. The van der Waals surface area contributed by atoms with Crippen LogP contribution in [0.2, 0.25) is 5.02 Å². The van der Waals surface area contributed by atoms with Crippen molar-refractivity contribution in [2.45, 2.75) is 25.8 Å². The molecular formula is C18H22ClNO. The van der Waals surface area contributed by atoms with Gasteiger partial charge in [0.25, 0.3) is 0 Å². The van der Waals surface area contributed by atoms with Gasteiger partial charge in [-0.15, -0.1) is 0 Å². The molecule has 21 heavy (non-hydrogen) atoms. The number of hydrogen-bond donors (Lipinski definition) is 1. The first-order valence-electron chi connectivity index (χ1n) is 7.29. The molecule has 2 rings (SSSR count). The zero-order valence-corrected chi connectivity index (χ0v) is 13.5. The fraction of sp³-hybridized carbons (Fsp3) is 0.333. The van der Waals surface area contributed by atoms with Crippen LogP contribution in [0.3, 0.4) is 0 Å². The highest BCUT2D eigenvalue weighted by atomic mass is 35.5. The number of hydrogen-bond acceptors (Lipinski definition) is 2. The van der Waals surface area contributed by atoms with Crippen molar-refractivity contribution in [3.05, 3.63) is 64.7 Å². The van der Waals surface area contributed by atoms with Crippen LogP contribution in [0.5, 0.6) is 5.75 Å². The third kappa shape index (κ3) is 3.78. The SMILES string of the molecule is CCNC(c1cc(Cl)ccc1OC)C(C)c1ccccc1. The van der Waals surface area contributed by atoms with E-state index in [9.17, 15) is 0 Å². The lowest BCUT2D eigenvalue weighted by Crippen LogP contribution is -2.26. The van der Waals surface area contributed by atoms with Gasteiger partial charge in [-0.25, -0.2) is 0 Å². The number of ether oxygens (including phenoxy) is 1. The molecule has 0 amide bonds. The molecule has 112 valence electrons. The molecule has 1 N–H and O–H groups in total. The molecule has 0 aliphatic carbocycles. The molecule has 0 saturated heterocycles. The molecule has 2 unspecified atom stereocenters. The van der Waals surface area contributed by atoms with E-state index in [2.05, 4.69) is 43.4 Å². The normalized spacial score (nSPS) is 13.7. The smallest absolute Gasteiger partial charge is 0.123 e. The lowest BCUT2D eigenvalue weighted by molar-refractivity contribution is 0.390. The molecule has 0 aliphatic heterocycles. The van der Waals surface area contributed by atoms with Crippen molar-refractivity contribution >= 4 is 11.6 Å². The molecule has 3 heteroatoms. The van der Waals surface area contributed by atoms with E-state index in [1.54, 1.807) is 7.11 Å². The summed E-state index contributed by atoms with van der Waals surface area (Å²) in [7, 11) is 1.70. The molecule has 2 nitrogen and oxygen atoms in total. The molecule has 0 aromatic heterocycles. The summed E-state index contributed by atoms with van der Waals surface area (Å²) in [5.74, 6) is 1.19. The van der Waals surface area contributed by atoms with Gasteiger partial charge in [0.2, 0.25) is 0 Å². The summed E-state index contributed by atoms with van der Waals surface area (Å²) in [6.07, 6.45) is 0. The molecule has 0 aliphatic rings. The summed E-state index contributed by atoms with van der Waals surface area (Å²) in [4.78, 5) is 0. The van der Waals surface area contributed by atoms with Gasteiger partial charge >= 0.3 is 0 Å². The van der Waals surface area contributed by atoms with E-state index in [0.29, 0.717) is 5.92 Å². The molecule has 0 heterocycles. The van der Waals surface area contributed by atoms with E-state index in [-0.39, 0.29) is 6.04 Å². The van der Waals surface area contributed by atoms with E-state index < -0.39 is 0 Å². The van der Waals surface area contributed by atoms with Crippen LogP contribution < -0.4 is 10.1 Å². The highest BCUT2D eigenvalue weighted by molar-refractivity contribution is 6.30. The monoisotopic (exact) mass is 303 g/mol. The summed E-state index contributed by atoms with van der Waals surface area (Å²) in [5.41, 5.74) is 2.40. The van der Waals surface area contributed by atoms with Gasteiger partial charge in [0.05, 0.1) is 7.11 Å². The minimum absolute atomic E-state index is 0.158. The number of nitrogens with one attached hydrogen (secondary N) is 1. The second-order valence-corrected chi connectivity index (χ2v) is 5.56. The maximum atomic E-state index is 6.19. The van der Waals surface area contributed by atoms with Gasteiger partial charge in [-0.3, -0.25) is 0 Å². The quantitative estimate of drug-likeness (QED) is 0.827. The predicted octanol–water partition coefficient (Wildman–Crippen LogP) is 4.80. The second-order valence-electron chi connectivity index (χ2n) is 5.12. The Labute approximate surface area is 132 Å². The van der Waals surface area contributed by atoms with Gasteiger partial charge in [-0.05, 0) is 30.3 Å². The second kappa shape index (κ2) is 7.48. The molecule has 0 fully saturated rings. The first-order chi connectivity index (χ1) is 10.2. The molecular weight excluding hydrogens is 282 g/mol. The van der Waals surface area contributed by atoms with Gasteiger partial charge in [-0.2, -0.15) is 0 Å². The first kappa shape index (κ1) is 15.9. The fourth-order valence-electron chi connectivity index (χ4n) is 2.67. The summed E-state index contributed by atoms with van der Waals surface area (Å²) < 4.78 is 5.52. The lowest BCUT2D eigenvalue weighted by Gasteiger charge is -2.27. The predicted molar refractivity (Wildman–Crippen MR) is 89.3 cm³/mol. The van der Waals surface area contributed by atoms with Gasteiger partial charge in [0.15, 0.2) is 0 Å². The van der Waals surface area contributed by atoms with Gasteiger partial charge in [-0.1, -0.05) is 55.8 Å². The summed E-state index contributed by atoms with van der Waals surface area (Å²) in [5, 5.41) is 4.29. The molecule has 2 atom stereocenters. The Bertz CT molecular complexity index is 571. The largest absolute Gasteiger partial charge is 0.496 e. The van der Waals surface area contributed by atoms with E-state index in [4.69, 9.17) is 16.3 Å². The first-order valence-corrected chi connectivity index (χ1v) is 7.67. The maximum absolute atomic E-state index is 6.19. The van der Waals surface area contributed by atoms with Crippen LogP contribution in [0.1, 0.15) is 36.9 Å². The Morgan fingerprint density at radius 1 is 1.14 bits per heavy atom. The van der Waals surface area contributed by atoms with Crippen LogP contribution in [-0.2, 0) is 0 Å². The van der Waals surface area contributed by atoms with E-state index in [1.807, 2.05) is 24.3 Å². The van der Waals surface area contributed by atoms with Crippen LogP contribution in [0, 0.1) is 0 Å². The number of likely N-dealkylation sites (N-methyl/N-ethyl adjacent to an activating group) is 1. The Balaban J connectivity index is 2.41. The maximum Gasteiger partial charge on any atom is 0.123 e. The fourth-order valence-corrected chi connectivity index (χ4v) is 2.85. The summed E-state index contributed by atoms with van der Waals surface area (Å²) in [6, 6.07) is 16.4. The Kier molecular flexibility index (Phi) is 5.66. The van der Waals surface area contributed by atoms with Crippen LogP contribution >= 0.6 is 11.6 Å². The molecule has 0 saturated carbocycles. The topological polar surface area (TPSA) is 21.3 Å². The van der Waals surface area contributed by atoms with Crippen molar-refractivity contribution in [1.29, 1.82) is 0 Å². The highest BCUT2D eigenvalue weighted by Gasteiger charge is 2.23. The lowest BCUT2D eigenvalue weighted by atomic mass is 9.88. The van der Waals surface area contributed by atoms with Crippen LogP contribution in [0.15, 0.2) is 48.5 Å². The average Bonchev–Trinajstić information content (AvgIpc) is 2.53. The number of benzene rings is 2. The van der Waals surface area contributed by atoms with E-state index in [0.717, 1.165) is 22.9 Å². The Morgan fingerprint density at radius 2 is 1.86 bits per heavy atom. The molecule has 0 spiro atoms. The van der Waals surface area contributed by atoms with Crippen LogP contribution in [-0.4, -0.2) is 13.7 Å². The van der Waals surface area contributed by atoms with Crippen molar-refractivity contribution in [2.75, 3.05) is 13.7 Å². The Hall–Kier alpha value is -1.51. The summed E-state index contributed by atoms with van der Waals surface area (Å²) >= 11 is 6.19. The van der Waals surface area contributed by atoms with Crippen molar-refractivity contribution in [3.8, 4) is 5.75 Å². The van der Waals surface area contributed by atoms with Crippen molar-refractivity contribution in [3.63, 3.8) is 0 Å².